The van der Waals surface area contributed by atoms with Gasteiger partial charge in [-0.1, -0.05) is 0 Å². The van der Waals surface area contributed by atoms with Crippen LogP contribution in [0.5, 0.6) is 11.5 Å². The van der Waals surface area contributed by atoms with Crippen LogP contribution in [-0.2, 0) is 9.59 Å². The maximum Gasteiger partial charge on any atom is 0.387 e. The fourth-order valence-corrected chi connectivity index (χ4v) is 2.10. The molecule has 1 saturated heterocycles. The summed E-state index contributed by atoms with van der Waals surface area (Å²) in [5, 5.41) is 4.35. The van der Waals surface area contributed by atoms with Crippen LogP contribution >= 0.6 is 0 Å². The number of hydrogen-bond donors (Lipinski definition) is 2. The highest BCUT2D eigenvalue weighted by Crippen LogP contribution is 2.31. The number of benzene rings is 1. The normalized spacial score (nSPS) is 17.4. The van der Waals surface area contributed by atoms with E-state index in [9.17, 15) is 31.9 Å². The fourth-order valence-electron chi connectivity index (χ4n) is 2.10. The van der Waals surface area contributed by atoms with E-state index in [2.05, 4.69) is 14.8 Å². The Balaban J connectivity index is 2.16. The third-order valence-electron chi connectivity index (χ3n) is 3.18. The lowest BCUT2D eigenvalue weighted by Crippen LogP contribution is -2.52. The van der Waals surface area contributed by atoms with Crippen molar-refractivity contribution in [2.75, 3.05) is 0 Å². The van der Waals surface area contributed by atoms with Gasteiger partial charge in [-0.3, -0.25) is 19.7 Å². The molecule has 0 aliphatic carbocycles. The first-order valence-electron chi connectivity index (χ1n) is 6.94. The number of imide groups is 1. The van der Waals surface area contributed by atoms with Gasteiger partial charge in [0.1, 0.15) is 6.04 Å². The zero-order valence-electron chi connectivity index (χ0n) is 12.4. The quantitative estimate of drug-likeness (QED) is 0.588. The molecular weight excluding hydrogens is 352 g/mol. The number of amides is 3. The molecule has 11 heteroatoms. The average molecular weight is 364 g/mol. The van der Waals surface area contributed by atoms with Crippen molar-refractivity contribution in [1.29, 1.82) is 0 Å². The van der Waals surface area contributed by atoms with Gasteiger partial charge in [0.15, 0.2) is 11.5 Å². The molecule has 0 aromatic heterocycles. The first-order chi connectivity index (χ1) is 11.8. The molecule has 1 aliphatic rings. The fraction of sp³-hybridized carbons (Fsp3) is 0.357. The minimum absolute atomic E-state index is 0.0254. The van der Waals surface area contributed by atoms with Crippen molar-refractivity contribution in [2.24, 2.45) is 0 Å². The summed E-state index contributed by atoms with van der Waals surface area (Å²) >= 11 is 0. The van der Waals surface area contributed by atoms with Gasteiger partial charge in [0.05, 0.1) is 0 Å². The van der Waals surface area contributed by atoms with E-state index in [-0.39, 0.29) is 18.4 Å². The summed E-state index contributed by atoms with van der Waals surface area (Å²) in [4.78, 5) is 34.7. The van der Waals surface area contributed by atoms with Crippen molar-refractivity contribution in [1.82, 2.24) is 10.6 Å². The number of halogens is 4. The van der Waals surface area contributed by atoms with Gasteiger partial charge in [-0.15, -0.1) is 0 Å². The molecule has 0 unspecified atom stereocenters. The number of carbonyl (C=O) groups excluding carboxylic acids is 3. The largest absolute Gasteiger partial charge is 0.431 e. The topological polar surface area (TPSA) is 93.7 Å². The molecule has 0 spiro atoms. The molecule has 2 N–H and O–H groups in total. The minimum atomic E-state index is -3.33. The Hall–Kier alpha value is -2.85. The summed E-state index contributed by atoms with van der Waals surface area (Å²) in [7, 11) is 0. The number of nitrogens with one attached hydrogen (secondary N) is 2. The van der Waals surface area contributed by atoms with E-state index in [0.29, 0.717) is 0 Å². The molecule has 3 amide bonds. The van der Waals surface area contributed by atoms with E-state index in [1.807, 2.05) is 5.32 Å². The highest BCUT2D eigenvalue weighted by molar-refractivity contribution is 6.03. The molecule has 0 saturated carbocycles. The van der Waals surface area contributed by atoms with Gasteiger partial charge >= 0.3 is 13.2 Å². The smallest absolute Gasteiger partial charge is 0.387 e. The SMILES string of the molecule is O=C1CC[C@H](NC(=O)c2ccc(OC(F)F)c(OC(F)F)c2)C(=O)N1. The standard InChI is InChI=1S/C14H12F4N2O5/c15-13(16)24-8-3-1-6(5-9(8)25-14(17)18)11(22)19-7-2-4-10(21)20-12(7)23/h1,3,5,7,13-14H,2,4H2,(H,19,22)(H,20,21,23)/t7-/m0/s1. The molecule has 1 atom stereocenters. The zero-order valence-corrected chi connectivity index (χ0v) is 12.4. The molecule has 136 valence electrons. The molecule has 1 aliphatic heterocycles. The highest BCUT2D eigenvalue weighted by atomic mass is 19.3. The summed E-state index contributed by atoms with van der Waals surface area (Å²) in [5.74, 6) is -3.45. The van der Waals surface area contributed by atoms with Gasteiger partial charge < -0.3 is 14.8 Å². The van der Waals surface area contributed by atoms with E-state index in [4.69, 9.17) is 0 Å². The molecular formula is C14H12F4N2O5. The second kappa shape index (κ2) is 7.81. The van der Waals surface area contributed by atoms with Gasteiger partial charge in [0.2, 0.25) is 11.8 Å². The van der Waals surface area contributed by atoms with Crippen molar-refractivity contribution < 1.29 is 41.4 Å². The molecule has 7 nitrogen and oxygen atoms in total. The summed E-state index contributed by atoms with van der Waals surface area (Å²) in [6.07, 6.45) is 0.0982. The number of alkyl halides is 4. The zero-order chi connectivity index (χ0) is 18.6. The summed E-state index contributed by atoms with van der Waals surface area (Å²) < 4.78 is 57.4. The molecule has 0 radical (unpaired) electrons. The Bertz CT molecular complexity index is 683. The number of hydrogen-bond acceptors (Lipinski definition) is 5. The van der Waals surface area contributed by atoms with Gasteiger partial charge in [-0.05, 0) is 24.6 Å². The average Bonchev–Trinajstić information content (AvgIpc) is 2.50. The lowest BCUT2D eigenvalue weighted by Gasteiger charge is -2.22. The highest BCUT2D eigenvalue weighted by Gasteiger charge is 2.28. The Morgan fingerprint density at radius 2 is 1.76 bits per heavy atom. The second-order valence-electron chi connectivity index (χ2n) is 4.90. The minimum Gasteiger partial charge on any atom is -0.431 e. The van der Waals surface area contributed by atoms with E-state index < -0.39 is 48.5 Å². The van der Waals surface area contributed by atoms with Gasteiger partial charge in [-0.2, -0.15) is 17.6 Å². The number of carbonyl (C=O) groups is 3. The molecule has 1 fully saturated rings. The number of rotatable bonds is 6. The maximum atomic E-state index is 12.4. The van der Waals surface area contributed by atoms with Crippen LogP contribution in [0, 0.1) is 0 Å². The summed E-state index contributed by atoms with van der Waals surface area (Å²) in [6.45, 7) is -6.60. The molecule has 2 rings (SSSR count). The Morgan fingerprint density at radius 1 is 1.12 bits per heavy atom. The van der Waals surface area contributed by atoms with Gasteiger partial charge in [0.25, 0.3) is 5.91 Å². The van der Waals surface area contributed by atoms with E-state index >= 15 is 0 Å². The van der Waals surface area contributed by atoms with Crippen LogP contribution in [0.15, 0.2) is 18.2 Å². The molecule has 0 bridgehead atoms. The summed E-state index contributed by atoms with van der Waals surface area (Å²) in [5.41, 5.74) is -0.220. The van der Waals surface area contributed by atoms with Crippen LogP contribution in [0.4, 0.5) is 17.6 Å². The van der Waals surface area contributed by atoms with Crippen molar-refractivity contribution in [2.45, 2.75) is 32.1 Å². The van der Waals surface area contributed by atoms with Crippen molar-refractivity contribution >= 4 is 17.7 Å². The van der Waals surface area contributed by atoms with Crippen LogP contribution in [0.1, 0.15) is 23.2 Å². The van der Waals surface area contributed by atoms with Crippen molar-refractivity contribution in [3.05, 3.63) is 23.8 Å². The predicted octanol–water partition coefficient (Wildman–Crippen LogP) is 1.42. The van der Waals surface area contributed by atoms with Crippen LogP contribution in [0.3, 0.4) is 0 Å². The van der Waals surface area contributed by atoms with Crippen molar-refractivity contribution in [3.63, 3.8) is 0 Å². The van der Waals surface area contributed by atoms with Crippen molar-refractivity contribution in [3.8, 4) is 11.5 Å². The first kappa shape index (κ1) is 18.5. The third kappa shape index (κ3) is 5.06. The van der Waals surface area contributed by atoms with Gasteiger partial charge in [0, 0.05) is 12.0 Å². The van der Waals surface area contributed by atoms with E-state index in [0.717, 1.165) is 18.2 Å². The number of ether oxygens (including phenoxy) is 2. The number of piperidine rings is 1. The Morgan fingerprint density at radius 3 is 2.36 bits per heavy atom. The molecule has 1 aromatic rings. The molecule has 1 heterocycles. The summed E-state index contributed by atoms with van der Waals surface area (Å²) in [6, 6.07) is 1.70. The van der Waals surface area contributed by atoms with Crippen LogP contribution in [0.25, 0.3) is 0 Å². The lowest BCUT2D eigenvalue weighted by atomic mass is 10.1. The van der Waals surface area contributed by atoms with Crippen LogP contribution < -0.4 is 20.1 Å². The second-order valence-corrected chi connectivity index (χ2v) is 4.90. The monoisotopic (exact) mass is 364 g/mol. The van der Waals surface area contributed by atoms with Crippen LogP contribution in [-0.4, -0.2) is 37.0 Å². The predicted molar refractivity (Wildman–Crippen MR) is 73.3 cm³/mol. The molecule has 1 aromatic carbocycles. The molecule has 25 heavy (non-hydrogen) atoms. The Kier molecular flexibility index (Phi) is 5.78. The lowest BCUT2D eigenvalue weighted by molar-refractivity contribution is -0.134. The maximum absolute atomic E-state index is 12.4. The van der Waals surface area contributed by atoms with Gasteiger partial charge in [-0.25, -0.2) is 0 Å². The van der Waals surface area contributed by atoms with E-state index in [1.165, 1.54) is 0 Å². The van der Waals surface area contributed by atoms with E-state index in [1.54, 1.807) is 0 Å². The first-order valence-corrected chi connectivity index (χ1v) is 6.94. The third-order valence-corrected chi connectivity index (χ3v) is 3.18. The van der Waals surface area contributed by atoms with Crippen LogP contribution in [0.2, 0.25) is 0 Å². The Labute approximate surface area is 138 Å².